The van der Waals surface area contributed by atoms with Gasteiger partial charge in [-0.3, -0.25) is 19.3 Å². The van der Waals surface area contributed by atoms with E-state index in [0.29, 0.717) is 47.0 Å². The third kappa shape index (κ3) is 3.36. The van der Waals surface area contributed by atoms with Crippen LogP contribution in [0.3, 0.4) is 0 Å². The highest BCUT2D eigenvalue weighted by Crippen LogP contribution is 2.65. The molecule has 3 amide bonds. The number of rotatable bonds is 7. The van der Waals surface area contributed by atoms with Gasteiger partial charge in [-0.05, 0) is 61.1 Å². The summed E-state index contributed by atoms with van der Waals surface area (Å²) < 4.78 is 0. The fraction of sp³-hybridized carbons (Fsp3) is 0.522. The number of likely N-dealkylation sites (tertiary alicyclic amines) is 1. The van der Waals surface area contributed by atoms with E-state index < -0.39 is 0 Å². The van der Waals surface area contributed by atoms with Crippen molar-refractivity contribution in [2.45, 2.75) is 32.1 Å². The van der Waals surface area contributed by atoms with Gasteiger partial charge in [0.15, 0.2) is 0 Å². The Hall–Kier alpha value is -1.85. The minimum Gasteiger partial charge on any atom is -0.326 e. The highest BCUT2D eigenvalue weighted by atomic mass is 35.5. The number of carbonyl (C=O) groups excluding carboxylic acids is 3. The van der Waals surface area contributed by atoms with E-state index in [2.05, 4.69) is 17.5 Å². The van der Waals surface area contributed by atoms with Gasteiger partial charge < -0.3 is 5.32 Å². The van der Waals surface area contributed by atoms with E-state index in [0.717, 1.165) is 12.8 Å². The molecular weight excluding hydrogens is 423 g/mol. The van der Waals surface area contributed by atoms with Crippen LogP contribution < -0.4 is 5.32 Å². The summed E-state index contributed by atoms with van der Waals surface area (Å²) in [6.45, 7) is 0.466. The summed E-state index contributed by atoms with van der Waals surface area (Å²) in [6.07, 6.45) is 8.17. The van der Waals surface area contributed by atoms with Gasteiger partial charge >= 0.3 is 0 Å². The minimum absolute atomic E-state index is 0.0343. The van der Waals surface area contributed by atoms with Crippen LogP contribution in [0.5, 0.6) is 0 Å². The lowest BCUT2D eigenvalue weighted by Crippen LogP contribution is -2.40. The van der Waals surface area contributed by atoms with Gasteiger partial charge in [0.2, 0.25) is 17.7 Å². The lowest BCUT2D eigenvalue weighted by molar-refractivity contribution is -0.140. The highest BCUT2D eigenvalue weighted by molar-refractivity contribution is 6.42. The first kappa shape index (κ1) is 20.1. The standard InChI is InChI=1S/C23H24Cl2N2O3/c24-17-8-5-12(10-18(17)25)26-19(28)4-2-1-3-9-27-22(29)20-13-6-7-14(16-11-15(13)16)21(20)23(27)30/h5-8,10,13-16,20-21H,1-4,9,11H2,(H,26,28). The number of halogens is 2. The molecule has 1 heterocycles. The Bertz CT molecular complexity index is 910. The molecule has 0 aromatic heterocycles. The number of hydrogen-bond donors (Lipinski definition) is 1. The molecule has 158 valence electrons. The zero-order valence-electron chi connectivity index (χ0n) is 16.5. The number of nitrogens with zero attached hydrogens (tertiary/aromatic N) is 1. The van der Waals surface area contributed by atoms with E-state index in [-0.39, 0.29) is 41.4 Å². The maximum Gasteiger partial charge on any atom is 0.233 e. The highest BCUT2D eigenvalue weighted by Gasteiger charge is 2.66. The molecule has 5 nitrogen and oxygen atoms in total. The average Bonchev–Trinajstić information content (AvgIpc) is 3.50. The zero-order chi connectivity index (χ0) is 21.0. The van der Waals surface area contributed by atoms with Crippen molar-refractivity contribution in [3.8, 4) is 0 Å². The summed E-state index contributed by atoms with van der Waals surface area (Å²) in [5.74, 6) is 1.56. The van der Waals surface area contributed by atoms with Crippen molar-refractivity contribution >= 4 is 46.6 Å². The van der Waals surface area contributed by atoms with Crippen LogP contribution in [0.25, 0.3) is 0 Å². The lowest BCUT2D eigenvalue weighted by Gasteiger charge is -2.37. The fourth-order valence-electron chi connectivity index (χ4n) is 5.77. The smallest absolute Gasteiger partial charge is 0.233 e. The SMILES string of the molecule is O=C(CCCCCN1C(=O)C2C3C=CC(C4CC34)C2C1=O)Nc1ccc(Cl)c(Cl)c1. The van der Waals surface area contributed by atoms with Gasteiger partial charge in [-0.1, -0.05) is 41.8 Å². The predicted octanol–water partition coefficient (Wildman–Crippen LogP) is 4.55. The zero-order valence-corrected chi connectivity index (χ0v) is 18.0. The number of carbonyl (C=O) groups is 3. The molecule has 0 radical (unpaired) electrons. The molecule has 6 unspecified atom stereocenters. The van der Waals surface area contributed by atoms with E-state index >= 15 is 0 Å². The molecule has 2 bridgehead atoms. The van der Waals surface area contributed by atoms with Crippen LogP contribution in [0.2, 0.25) is 10.0 Å². The number of amides is 3. The molecular formula is C23H24Cl2N2O3. The number of hydrogen-bond acceptors (Lipinski definition) is 3. The summed E-state index contributed by atoms with van der Waals surface area (Å²) in [6, 6.07) is 4.98. The monoisotopic (exact) mass is 446 g/mol. The maximum absolute atomic E-state index is 12.9. The summed E-state index contributed by atoms with van der Waals surface area (Å²) in [5, 5.41) is 3.65. The summed E-state index contributed by atoms with van der Waals surface area (Å²) in [4.78, 5) is 39.4. The van der Waals surface area contributed by atoms with Crippen molar-refractivity contribution < 1.29 is 14.4 Å². The van der Waals surface area contributed by atoms with Gasteiger partial charge in [0.25, 0.3) is 0 Å². The van der Waals surface area contributed by atoms with Gasteiger partial charge in [-0.25, -0.2) is 0 Å². The molecule has 30 heavy (non-hydrogen) atoms. The van der Waals surface area contributed by atoms with Crippen LogP contribution in [-0.2, 0) is 14.4 Å². The predicted molar refractivity (Wildman–Crippen MR) is 115 cm³/mol. The molecule has 1 N–H and O–H groups in total. The molecule has 6 atom stereocenters. The van der Waals surface area contributed by atoms with Crippen LogP contribution in [0.15, 0.2) is 30.4 Å². The number of benzene rings is 1. The molecule has 4 aliphatic carbocycles. The van der Waals surface area contributed by atoms with Crippen molar-refractivity contribution in [2.24, 2.45) is 35.5 Å². The number of imide groups is 1. The van der Waals surface area contributed by atoms with Crippen LogP contribution >= 0.6 is 23.2 Å². The van der Waals surface area contributed by atoms with Gasteiger partial charge in [0.1, 0.15) is 0 Å². The maximum atomic E-state index is 12.9. The molecule has 1 saturated heterocycles. The van der Waals surface area contributed by atoms with Crippen molar-refractivity contribution in [1.29, 1.82) is 0 Å². The Morgan fingerprint density at radius 3 is 2.27 bits per heavy atom. The van der Waals surface area contributed by atoms with Gasteiger partial charge in [0.05, 0.1) is 21.9 Å². The molecule has 7 heteroatoms. The van der Waals surface area contributed by atoms with Crippen LogP contribution in [-0.4, -0.2) is 29.2 Å². The second-order valence-electron chi connectivity index (χ2n) is 8.97. The van der Waals surface area contributed by atoms with E-state index in [9.17, 15) is 14.4 Å². The Labute approximate surface area is 185 Å². The molecule has 6 rings (SSSR count). The fourth-order valence-corrected chi connectivity index (χ4v) is 6.07. The van der Waals surface area contributed by atoms with E-state index in [1.165, 1.54) is 11.3 Å². The van der Waals surface area contributed by atoms with E-state index in [1.807, 2.05) is 0 Å². The quantitative estimate of drug-likeness (QED) is 0.379. The van der Waals surface area contributed by atoms with Crippen LogP contribution in [0.1, 0.15) is 32.1 Å². The number of unbranched alkanes of at least 4 members (excludes halogenated alkanes) is 2. The second kappa shape index (κ2) is 7.69. The molecule has 2 saturated carbocycles. The molecule has 5 aliphatic rings. The number of nitrogens with one attached hydrogen (secondary N) is 1. The lowest BCUT2D eigenvalue weighted by atomic mass is 9.63. The first-order valence-electron chi connectivity index (χ1n) is 10.7. The van der Waals surface area contributed by atoms with Gasteiger partial charge in [-0.15, -0.1) is 0 Å². The third-order valence-electron chi connectivity index (χ3n) is 7.24. The summed E-state index contributed by atoms with van der Waals surface area (Å²) in [7, 11) is 0. The third-order valence-corrected chi connectivity index (χ3v) is 7.98. The molecule has 3 fully saturated rings. The topological polar surface area (TPSA) is 66.5 Å². The molecule has 1 aliphatic heterocycles. The van der Waals surface area contributed by atoms with Gasteiger partial charge in [0, 0.05) is 18.7 Å². The second-order valence-corrected chi connectivity index (χ2v) is 9.78. The molecule has 0 spiro atoms. The van der Waals surface area contributed by atoms with Crippen molar-refractivity contribution in [1.82, 2.24) is 4.90 Å². The first-order valence-corrected chi connectivity index (χ1v) is 11.5. The number of allylic oxidation sites excluding steroid dienone is 2. The summed E-state index contributed by atoms with van der Waals surface area (Å²) >= 11 is 11.8. The van der Waals surface area contributed by atoms with Crippen molar-refractivity contribution in [2.75, 3.05) is 11.9 Å². The summed E-state index contributed by atoms with van der Waals surface area (Å²) in [5.41, 5.74) is 0.617. The van der Waals surface area contributed by atoms with Gasteiger partial charge in [-0.2, -0.15) is 0 Å². The Morgan fingerprint density at radius 1 is 0.967 bits per heavy atom. The Balaban J connectivity index is 1.07. The average molecular weight is 447 g/mol. The largest absolute Gasteiger partial charge is 0.326 e. The molecule has 1 aromatic carbocycles. The Morgan fingerprint density at radius 2 is 1.63 bits per heavy atom. The van der Waals surface area contributed by atoms with E-state index in [4.69, 9.17) is 23.2 Å². The Kier molecular flexibility index (Phi) is 5.14. The first-order chi connectivity index (χ1) is 14.5. The normalized spacial score (nSPS) is 32.9. The van der Waals surface area contributed by atoms with Crippen molar-refractivity contribution in [3.63, 3.8) is 0 Å². The van der Waals surface area contributed by atoms with Crippen molar-refractivity contribution in [3.05, 3.63) is 40.4 Å². The van der Waals surface area contributed by atoms with Crippen LogP contribution in [0.4, 0.5) is 5.69 Å². The number of anilines is 1. The van der Waals surface area contributed by atoms with Crippen LogP contribution in [0, 0.1) is 35.5 Å². The van der Waals surface area contributed by atoms with E-state index in [1.54, 1.807) is 18.2 Å². The molecule has 1 aromatic rings. The minimum atomic E-state index is -0.117.